The van der Waals surface area contributed by atoms with E-state index in [0.717, 1.165) is 83.5 Å². The van der Waals surface area contributed by atoms with Gasteiger partial charge in [0.2, 0.25) is 0 Å². The number of unbranched alkanes of at least 4 members (excludes halogenated alkanes) is 14. The molecule has 0 radical (unpaired) electrons. The van der Waals surface area contributed by atoms with Gasteiger partial charge in [-0.25, -0.2) is 4.79 Å². The topological polar surface area (TPSA) is 108 Å². The molecular formula is C44H78NO8+. The number of ether oxygens (including phenoxy) is 4. The summed E-state index contributed by atoms with van der Waals surface area (Å²) < 4.78 is 22.5. The van der Waals surface area contributed by atoms with Gasteiger partial charge in [-0.05, 0) is 51.4 Å². The molecule has 0 rings (SSSR count). The highest BCUT2D eigenvalue weighted by Gasteiger charge is 2.25. The average molecular weight is 749 g/mol. The Labute approximate surface area is 323 Å². The van der Waals surface area contributed by atoms with Gasteiger partial charge in [-0.15, -0.1) is 0 Å². The minimum atomic E-state index is -1.51. The third-order valence-electron chi connectivity index (χ3n) is 8.60. The van der Waals surface area contributed by atoms with Gasteiger partial charge < -0.3 is 28.5 Å². The van der Waals surface area contributed by atoms with E-state index in [1.165, 1.54) is 38.5 Å². The van der Waals surface area contributed by atoms with Gasteiger partial charge in [0.1, 0.15) is 13.2 Å². The first-order valence-corrected chi connectivity index (χ1v) is 20.8. The summed E-state index contributed by atoms with van der Waals surface area (Å²) in [5.41, 5.74) is 0. The highest BCUT2D eigenvalue weighted by Crippen LogP contribution is 2.14. The van der Waals surface area contributed by atoms with Crippen LogP contribution < -0.4 is 0 Å². The molecule has 0 aromatic heterocycles. The van der Waals surface area contributed by atoms with Crippen molar-refractivity contribution in [1.82, 2.24) is 0 Å². The fourth-order valence-electron chi connectivity index (χ4n) is 5.35. The lowest BCUT2D eigenvalue weighted by Gasteiger charge is -2.25. The summed E-state index contributed by atoms with van der Waals surface area (Å²) in [5, 5.41) is 9.56. The number of carbonyl (C=O) groups is 3. The Hall–Kier alpha value is -2.75. The number of carbonyl (C=O) groups excluding carboxylic acids is 2. The van der Waals surface area contributed by atoms with Crippen molar-refractivity contribution in [3.05, 3.63) is 48.6 Å². The molecule has 306 valence electrons. The molecule has 9 nitrogen and oxygen atoms in total. The molecule has 0 aliphatic carbocycles. The van der Waals surface area contributed by atoms with Crippen LogP contribution in [0, 0.1) is 0 Å². The summed E-state index contributed by atoms with van der Waals surface area (Å²) in [7, 11) is 5.93. The molecule has 0 aromatic carbocycles. The number of hydrogen-bond acceptors (Lipinski definition) is 7. The SMILES string of the molecule is CC/C=C\C/C=C\C/C=C\C/C=C\CCCCCCCCCCCCC(=O)OC(COC(=O)CCCCCCC)COC(OCC[N+](C)(C)C)C(=O)O. The Morgan fingerprint density at radius 2 is 1.08 bits per heavy atom. The zero-order valence-corrected chi connectivity index (χ0v) is 34.4. The van der Waals surface area contributed by atoms with Crippen molar-refractivity contribution >= 4 is 17.9 Å². The zero-order valence-electron chi connectivity index (χ0n) is 34.4. The maximum Gasteiger partial charge on any atom is 0.361 e. The van der Waals surface area contributed by atoms with Crippen molar-refractivity contribution in [2.45, 2.75) is 167 Å². The number of hydrogen-bond donors (Lipinski definition) is 1. The van der Waals surface area contributed by atoms with Crippen LogP contribution in [0.5, 0.6) is 0 Å². The van der Waals surface area contributed by atoms with Gasteiger partial charge in [0.15, 0.2) is 6.10 Å². The number of aliphatic carboxylic acids is 1. The fourth-order valence-corrected chi connectivity index (χ4v) is 5.35. The van der Waals surface area contributed by atoms with Crippen molar-refractivity contribution in [1.29, 1.82) is 0 Å². The van der Waals surface area contributed by atoms with E-state index < -0.39 is 24.3 Å². The van der Waals surface area contributed by atoms with E-state index in [0.29, 0.717) is 23.9 Å². The van der Waals surface area contributed by atoms with E-state index in [2.05, 4.69) is 62.5 Å². The number of carboxylic acids is 1. The number of carboxylic acid groups (broad SMARTS) is 1. The first-order chi connectivity index (χ1) is 25.6. The number of rotatable bonds is 37. The Bertz CT molecular complexity index is 1010. The molecule has 0 spiro atoms. The highest BCUT2D eigenvalue weighted by atomic mass is 16.7. The molecule has 0 saturated heterocycles. The lowest BCUT2D eigenvalue weighted by Crippen LogP contribution is -2.40. The second kappa shape index (κ2) is 36.2. The van der Waals surface area contributed by atoms with Crippen molar-refractivity contribution < 1.29 is 42.9 Å². The van der Waals surface area contributed by atoms with Gasteiger partial charge in [0.25, 0.3) is 6.29 Å². The Kier molecular flexibility index (Phi) is 34.4. The standard InChI is InChI=1S/C44H77NO8/c1-6-8-10-12-13-14-15-16-17-18-19-20-21-22-23-24-25-26-27-28-29-31-33-35-42(47)53-40(38-51-41(46)34-32-30-11-9-7-2)39-52-44(43(48)49)50-37-36-45(3,4)5/h8,10,13-14,16-17,19-20,40,44H,6-7,9,11-12,15,18,21-39H2,1-5H3/p+1/b10-8-,14-13-,17-16-,20-19-. The molecule has 1 N–H and O–H groups in total. The second-order valence-corrected chi connectivity index (χ2v) is 14.9. The smallest absolute Gasteiger partial charge is 0.361 e. The predicted molar refractivity (Wildman–Crippen MR) is 217 cm³/mol. The van der Waals surface area contributed by atoms with Crippen LogP contribution in [0.3, 0.4) is 0 Å². The quantitative estimate of drug-likeness (QED) is 0.0220. The van der Waals surface area contributed by atoms with E-state index in [-0.39, 0.29) is 32.2 Å². The maximum atomic E-state index is 12.7. The first kappa shape index (κ1) is 50.2. The third-order valence-corrected chi connectivity index (χ3v) is 8.60. The number of quaternary nitrogens is 1. The van der Waals surface area contributed by atoms with Gasteiger partial charge in [-0.3, -0.25) is 9.59 Å². The summed E-state index contributed by atoms with van der Waals surface area (Å²) in [6, 6.07) is 0. The first-order valence-electron chi connectivity index (χ1n) is 20.8. The predicted octanol–water partition coefficient (Wildman–Crippen LogP) is 10.4. The minimum Gasteiger partial charge on any atom is -0.477 e. The lowest BCUT2D eigenvalue weighted by atomic mass is 10.0. The largest absolute Gasteiger partial charge is 0.477 e. The van der Waals surface area contributed by atoms with Crippen LogP contribution >= 0.6 is 0 Å². The number of allylic oxidation sites excluding steroid dienone is 8. The van der Waals surface area contributed by atoms with Gasteiger partial charge in [0.05, 0.1) is 34.4 Å². The molecule has 0 bridgehead atoms. The summed E-state index contributed by atoms with van der Waals surface area (Å²) in [6.07, 6.45) is 37.9. The van der Waals surface area contributed by atoms with Crippen LogP contribution in [0.2, 0.25) is 0 Å². The summed E-state index contributed by atoms with van der Waals surface area (Å²) in [6.45, 7) is 4.64. The molecule has 0 amide bonds. The molecule has 2 unspecified atom stereocenters. The molecule has 9 heteroatoms. The van der Waals surface area contributed by atoms with Gasteiger partial charge in [0, 0.05) is 12.8 Å². The van der Waals surface area contributed by atoms with Gasteiger partial charge in [-0.2, -0.15) is 0 Å². The molecule has 0 saturated carbocycles. The summed E-state index contributed by atoms with van der Waals surface area (Å²) in [4.78, 5) is 36.7. The fraction of sp³-hybridized carbons (Fsp3) is 0.750. The van der Waals surface area contributed by atoms with Crippen molar-refractivity contribution in [2.24, 2.45) is 0 Å². The Morgan fingerprint density at radius 3 is 1.60 bits per heavy atom. The molecular weight excluding hydrogens is 670 g/mol. The van der Waals surface area contributed by atoms with Crippen LogP contribution in [0.1, 0.15) is 155 Å². The highest BCUT2D eigenvalue weighted by molar-refractivity contribution is 5.71. The molecule has 53 heavy (non-hydrogen) atoms. The van der Waals surface area contributed by atoms with Crippen LogP contribution in [-0.4, -0.2) is 87.4 Å². The van der Waals surface area contributed by atoms with E-state index >= 15 is 0 Å². The molecule has 2 atom stereocenters. The van der Waals surface area contributed by atoms with Crippen LogP contribution in [-0.2, 0) is 33.3 Å². The molecule has 0 heterocycles. The van der Waals surface area contributed by atoms with Gasteiger partial charge >= 0.3 is 17.9 Å². The summed E-state index contributed by atoms with van der Waals surface area (Å²) in [5.74, 6) is -2.03. The molecule has 0 aliphatic rings. The van der Waals surface area contributed by atoms with E-state index in [9.17, 15) is 19.5 Å². The van der Waals surface area contributed by atoms with Crippen molar-refractivity contribution in [3.63, 3.8) is 0 Å². The van der Waals surface area contributed by atoms with E-state index in [1.807, 2.05) is 21.1 Å². The maximum absolute atomic E-state index is 12.7. The minimum absolute atomic E-state index is 0.185. The van der Waals surface area contributed by atoms with Crippen molar-refractivity contribution in [2.75, 3.05) is 47.5 Å². The zero-order chi connectivity index (χ0) is 39.3. The number of likely N-dealkylation sites (N-methyl/N-ethyl adjacent to an activating group) is 1. The third kappa shape index (κ3) is 37.4. The van der Waals surface area contributed by atoms with E-state index in [1.54, 1.807) is 0 Å². The average Bonchev–Trinajstić information content (AvgIpc) is 3.11. The number of nitrogens with zero attached hydrogens (tertiary/aromatic N) is 1. The van der Waals surface area contributed by atoms with Crippen molar-refractivity contribution in [3.8, 4) is 0 Å². The van der Waals surface area contributed by atoms with Crippen LogP contribution in [0.15, 0.2) is 48.6 Å². The Balaban J connectivity index is 4.23. The Morgan fingerprint density at radius 1 is 0.585 bits per heavy atom. The molecule has 0 aromatic rings. The van der Waals surface area contributed by atoms with E-state index in [4.69, 9.17) is 18.9 Å². The normalized spacial score (nSPS) is 13.5. The summed E-state index contributed by atoms with van der Waals surface area (Å²) >= 11 is 0. The number of esters is 2. The van der Waals surface area contributed by atoms with Gasteiger partial charge in [-0.1, -0.05) is 140 Å². The molecule has 0 fully saturated rings. The second-order valence-electron chi connectivity index (χ2n) is 14.9. The monoisotopic (exact) mass is 749 g/mol. The van der Waals surface area contributed by atoms with Crippen LogP contribution in [0.25, 0.3) is 0 Å². The van der Waals surface area contributed by atoms with Crippen LogP contribution in [0.4, 0.5) is 0 Å². The lowest BCUT2D eigenvalue weighted by molar-refractivity contribution is -0.870. The molecule has 0 aliphatic heterocycles.